The van der Waals surface area contributed by atoms with Crippen LogP contribution < -0.4 is 10.6 Å². The molecule has 0 aliphatic rings. The van der Waals surface area contributed by atoms with Crippen LogP contribution in [0, 0.1) is 11.6 Å². The quantitative estimate of drug-likeness (QED) is 0.766. The van der Waals surface area contributed by atoms with E-state index in [2.05, 4.69) is 10.6 Å². The van der Waals surface area contributed by atoms with Crippen LogP contribution >= 0.6 is 0 Å². The summed E-state index contributed by atoms with van der Waals surface area (Å²) < 4.78 is 26.5. The molecule has 2 aromatic rings. The maximum absolute atomic E-state index is 13.5. The lowest BCUT2D eigenvalue weighted by atomic mass is 10.1. The van der Waals surface area contributed by atoms with Crippen molar-refractivity contribution < 1.29 is 18.7 Å². The summed E-state index contributed by atoms with van der Waals surface area (Å²) in [6, 6.07) is 11.3. The Morgan fingerprint density at radius 1 is 1.13 bits per heavy atom. The van der Waals surface area contributed by atoms with Crippen molar-refractivity contribution in [3.05, 3.63) is 71.3 Å². The van der Waals surface area contributed by atoms with E-state index in [4.69, 9.17) is 0 Å². The van der Waals surface area contributed by atoms with E-state index in [-0.39, 0.29) is 25.1 Å². The van der Waals surface area contributed by atoms with Crippen LogP contribution in [0.1, 0.15) is 17.2 Å². The van der Waals surface area contributed by atoms with E-state index < -0.39 is 23.7 Å². The average Bonchev–Trinajstić information content (AvgIpc) is 2.56. The SMILES string of the molecule is O=C(NCCc1cc(F)ccc1F)NC(CO)c1ccccc1. The third kappa shape index (κ3) is 5.03. The lowest BCUT2D eigenvalue weighted by molar-refractivity contribution is 0.217. The molecule has 0 aliphatic heterocycles. The zero-order chi connectivity index (χ0) is 16.7. The van der Waals surface area contributed by atoms with Crippen LogP contribution in [-0.4, -0.2) is 24.3 Å². The summed E-state index contributed by atoms with van der Waals surface area (Å²) in [5, 5.41) is 14.6. The van der Waals surface area contributed by atoms with Crippen LogP contribution in [0.3, 0.4) is 0 Å². The van der Waals surface area contributed by atoms with Crippen molar-refractivity contribution >= 4 is 6.03 Å². The number of amides is 2. The van der Waals surface area contributed by atoms with Crippen LogP contribution in [0.15, 0.2) is 48.5 Å². The predicted molar refractivity (Wildman–Crippen MR) is 82.9 cm³/mol. The number of carbonyl (C=O) groups excluding carboxylic acids is 1. The fourth-order valence-electron chi connectivity index (χ4n) is 2.17. The Hall–Kier alpha value is -2.47. The van der Waals surface area contributed by atoms with Gasteiger partial charge in [-0.1, -0.05) is 30.3 Å². The molecule has 0 bridgehead atoms. The van der Waals surface area contributed by atoms with E-state index in [1.807, 2.05) is 18.2 Å². The highest BCUT2D eigenvalue weighted by Crippen LogP contribution is 2.12. The number of aliphatic hydroxyl groups excluding tert-OH is 1. The molecule has 0 saturated heterocycles. The summed E-state index contributed by atoms with van der Waals surface area (Å²) in [5.74, 6) is -1.03. The molecule has 122 valence electrons. The molecule has 2 amide bonds. The maximum atomic E-state index is 13.5. The number of hydrogen-bond donors (Lipinski definition) is 3. The Balaban J connectivity index is 1.84. The van der Waals surface area contributed by atoms with Gasteiger partial charge in [-0.25, -0.2) is 13.6 Å². The molecular formula is C17H18F2N2O2. The number of aliphatic hydroxyl groups is 1. The molecule has 1 atom stereocenters. The lowest BCUT2D eigenvalue weighted by Gasteiger charge is -2.17. The molecule has 2 aromatic carbocycles. The zero-order valence-electron chi connectivity index (χ0n) is 12.4. The molecule has 0 spiro atoms. The van der Waals surface area contributed by atoms with Gasteiger partial charge in [0.25, 0.3) is 0 Å². The monoisotopic (exact) mass is 320 g/mol. The minimum absolute atomic E-state index is 0.152. The van der Waals surface area contributed by atoms with Crippen LogP contribution in [0.4, 0.5) is 13.6 Å². The Morgan fingerprint density at radius 2 is 1.87 bits per heavy atom. The van der Waals surface area contributed by atoms with Crippen molar-refractivity contribution in [2.45, 2.75) is 12.5 Å². The van der Waals surface area contributed by atoms with Gasteiger partial charge in [0.05, 0.1) is 12.6 Å². The van der Waals surface area contributed by atoms with Crippen LogP contribution in [0.2, 0.25) is 0 Å². The van der Waals surface area contributed by atoms with Crippen LogP contribution in [0.25, 0.3) is 0 Å². The van der Waals surface area contributed by atoms with Gasteiger partial charge in [0.15, 0.2) is 0 Å². The fraction of sp³-hybridized carbons (Fsp3) is 0.235. The van der Waals surface area contributed by atoms with Crippen molar-refractivity contribution in [2.24, 2.45) is 0 Å². The van der Waals surface area contributed by atoms with Gasteiger partial charge in [0, 0.05) is 6.54 Å². The Morgan fingerprint density at radius 3 is 2.57 bits per heavy atom. The number of rotatable bonds is 6. The molecule has 0 heterocycles. The summed E-state index contributed by atoms with van der Waals surface area (Å²) in [7, 11) is 0. The third-order valence-corrected chi connectivity index (χ3v) is 3.38. The lowest BCUT2D eigenvalue weighted by Crippen LogP contribution is -2.40. The van der Waals surface area contributed by atoms with E-state index in [1.165, 1.54) is 0 Å². The first-order valence-electron chi connectivity index (χ1n) is 7.24. The van der Waals surface area contributed by atoms with Gasteiger partial charge in [-0.15, -0.1) is 0 Å². The van der Waals surface area contributed by atoms with Crippen LogP contribution in [-0.2, 0) is 6.42 Å². The highest BCUT2D eigenvalue weighted by Gasteiger charge is 2.13. The molecule has 23 heavy (non-hydrogen) atoms. The van der Waals surface area contributed by atoms with E-state index in [1.54, 1.807) is 12.1 Å². The Kier molecular flexibility index (Phi) is 6.05. The highest BCUT2D eigenvalue weighted by molar-refractivity contribution is 5.74. The highest BCUT2D eigenvalue weighted by atomic mass is 19.1. The minimum Gasteiger partial charge on any atom is -0.394 e. The number of carbonyl (C=O) groups is 1. The van der Waals surface area contributed by atoms with Gasteiger partial charge >= 0.3 is 6.03 Å². The number of benzene rings is 2. The number of hydrogen-bond acceptors (Lipinski definition) is 2. The van der Waals surface area contributed by atoms with Crippen molar-refractivity contribution in [3.8, 4) is 0 Å². The molecule has 0 saturated carbocycles. The van der Waals surface area contributed by atoms with Gasteiger partial charge in [0.2, 0.25) is 0 Å². The van der Waals surface area contributed by atoms with Crippen molar-refractivity contribution in [1.82, 2.24) is 10.6 Å². The van der Waals surface area contributed by atoms with Crippen molar-refractivity contribution in [1.29, 1.82) is 0 Å². The molecule has 0 aromatic heterocycles. The third-order valence-electron chi connectivity index (χ3n) is 3.38. The van der Waals surface area contributed by atoms with Crippen LogP contribution in [0.5, 0.6) is 0 Å². The van der Waals surface area contributed by atoms with E-state index in [0.717, 1.165) is 23.8 Å². The predicted octanol–water partition coefficient (Wildman–Crippen LogP) is 2.54. The zero-order valence-corrected chi connectivity index (χ0v) is 12.4. The first-order chi connectivity index (χ1) is 11.1. The molecule has 0 fully saturated rings. The minimum atomic E-state index is -0.526. The molecule has 6 heteroatoms. The smallest absolute Gasteiger partial charge is 0.315 e. The normalized spacial score (nSPS) is 11.8. The van der Waals surface area contributed by atoms with Gasteiger partial charge in [0.1, 0.15) is 11.6 Å². The van der Waals surface area contributed by atoms with Gasteiger partial charge in [-0.05, 0) is 35.7 Å². The topological polar surface area (TPSA) is 61.4 Å². The average molecular weight is 320 g/mol. The summed E-state index contributed by atoms with van der Waals surface area (Å²) in [6.07, 6.45) is 0.173. The second-order valence-electron chi connectivity index (χ2n) is 5.03. The first kappa shape index (κ1) is 16.9. The van der Waals surface area contributed by atoms with Crippen molar-refractivity contribution in [3.63, 3.8) is 0 Å². The number of nitrogens with one attached hydrogen (secondary N) is 2. The largest absolute Gasteiger partial charge is 0.394 e. The maximum Gasteiger partial charge on any atom is 0.315 e. The van der Waals surface area contributed by atoms with E-state index in [9.17, 15) is 18.7 Å². The standard InChI is InChI=1S/C17H18F2N2O2/c18-14-6-7-15(19)13(10-14)8-9-20-17(23)21-16(11-22)12-4-2-1-3-5-12/h1-7,10,16,22H,8-9,11H2,(H2,20,21,23). The number of urea groups is 1. The first-order valence-corrected chi connectivity index (χ1v) is 7.24. The summed E-state index contributed by atoms with van der Waals surface area (Å²) in [5.41, 5.74) is 0.980. The molecule has 0 radical (unpaired) electrons. The second kappa shape index (κ2) is 8.24. The van der Waals surface area contributed by atoms with Gasteiger partial charge < -0.3 is 15.7 Å². The van der Waals surface area contributed by atoms with Gasteiger partial charge in [-0.2, -0.15) is 0 Å². The molecule has 4 nitrogen and oxygen atoms in total. The van der Waals surface area contributed by atoms with E-state index in [0.29, 0.717) is 0 Å². The van der Waals surface area contributed by atoms with Crippen molar-refractivity contribution in [2.75, 3.05) is 13.2 Å². The molecule has 2 rings (SSSR count). The Bertz CT molecular complexity index is 650. The summed E-state index contributed by atoms with van der Waals surface area (Å²) >= 11 is 0. The molecule has 3 N–H and O–H groups in total. The molecular weight excluding hydrogens is 302 g/mol. The summed E-state index contributed by atoms with van der Waals surface area (Å²) in [6.45, 7) is -0.0882. The Labute approximate surface area is 133 Å². The molecule has 0 aliphatic carbocycles. The van der Waals surface area contributed by atoms with E-state index >= 15 is 0 Å². The number of halogens is 2. The van der Waals surface area contributed by atoms with Gasteiger partial charge in [-0.3, -0.25) is 0 Å². The molecule has 1 unspecified atom stereocenters. The second-order valence-corrected chi connectivity index (χ2v) is 5.03. The summed E-state index contributed by atoms with van der Waals surface area (Å²) in [4.78, 5) is 11.8. The fourth-order valence-corrected chi connectivity index (χ4v) is 2.17.